The number of carbonyl (C=O) groups is 1. The molecule has 0 aliphatic carbocycles. The van der Waals surface area contributed by atoms with Crippen molar-refractivity contribution in [3.05, 3.63) is 41.8 Å². The molecule has 27 heavy (non-hydrogen) atoms. The number of fused-ring (bicyclic) bond motifs is 1. The Bertz CT molecular complexity index is 799. The molecule has 2 aliphatic rings. The third-order valence-corrected chi connectivity index (χ3v) is 6.01. The lowest BCUT2D eigenvalue weighted by Crippen LogP contribution is -2.51. The lowest BCUT2D eigenvalue weighted by atomic mass is 9.83. The molecule has 3 heterocycles. The second kappa shape index (κ2) is 7.80. The molecule has 6 heteroatoms. The number of nitrogens with zero attached hydrogens (tertiary/aromatic N) is 3. The zero-order valence-corrected chi connectivity index (χ0v) is 15.8. The van der Waals surface area contributed by atoms with E-state index in [-0.39, 0.29) is 11.7 Å². The summed E-state index contributed by atoms with van der Waals surface area (Å²) in [6.07, 6.45) is 6.26. The summed E-state index contributed by atoms with van der Waals surface area (Å²) < 4.78 is 14.7. The average molecular weight is 370 g/mol. The molecule has 0 bridgehead atoms. The summed E-state index contributed by atoms with van der Waals surface area (Å²) in [6.45, 7) is 3.13. The van der Waals surface area contributed by atoms with Crippen LogP contribution in [0.5, 0.6) is 0 Å². The standard InChI is InChI=1S/C21H27FN4O/c1-25-20(13-18(24-25)15-7-9-17(22)10-8-15)21(27)23-14-16-5-4-12-26-11-3-2-6-19(16)26/h7-10,13,16,19H,2-6,11-12,14H2,1H3,(H,23,27)/t16-,19-/m0/s1. The summed E-state index contributed by atoms with van der Waals surface area (Å²) in [5.74, 6) is 0.163. The van der Waals surface area contributed by atoms with Gasteiger partial charge in [0.2, 0.25) is 0 Å². The SMILES string of the molecule is Cn1nc(-c2ccc(F)cc2)cc1C(=O)NC[C@@H]1CCCN2CCCC[C@@H]12. The number of carbonyl (C=O) groups excluding carboxylic acids is 1. The summed E-state index contributed by atoms with van der Waals surface area (Å²) in [7, 11) is 1.77. The van der Waals surface area contributed by atoms with Crippen LogP contribution in [0.3, 0.4) is 0 Å². The number of piperidine rings is 2. The first kappa shape index (κ1) is 18.2. The molecule has 2 aliphatic heterocycles. The number of halogens is 1. The maximum atomic E-state index is 13.1. The maximum Gasteiger partial charge on any atom is 0.269 e. The summed E-state index contributed by atoms with van der Waals surface area (Å²) in [5, 5.41) is 7.55. The van der Waals surface area contributed by atoms with Crippen LogP contribution in [0.15, 0.2) is 30.3 Å². The van der Waals surface area contributed by atoms with Crippen LogP contribution in [0, 0.1) is 11.7 Å². The van der Waals surface area contributed by atoms with Gasteiger partial charge in [0.1, 0.15) is 11.5 Å². The van der Waals surface area contributed by atoms with Gasteiger partial charge in [0, 0.05) is 25.2 Å². The highest BCUT2D eigenvalue weighted by Gasteiger charge is 2.33. The van der Waals surface area contributed by atoms with Crippen LogP contribution in [0.2, 0.25) is 0 Å². The Labute approximate surface area is 159 Å². The highest BCUT2D eigenvalue weighted by Crippen LogP contribution is 2.30. The fraction of sp³-hybridized carbons (Fsp3) is 0.524. The van der Waals surface area contributed by atoms with Gasteiger partial charge in [0.25, 0.3) is 5.91 Å². The summed E-state index contributed by atoms with van der Waals surface area (Å²) in [6, 6.07) is 8.56. The number of amides is 1. The Kier molecular flexibility index (Phi) is 5.25. The Balaban J connectivity index is 1.42. The maximum absolute atomic E-state index is 13.1. The molecule has 0 unspecified atom stereocenters. The first-order valence-corrected chi connectivity index (χ1v) is 9.94. The van der Waals surface area contributed by atoms with E-state index in [1.165, 1.54) is 57.3 Å². The van der Waals surface area contributed by atoms with Crippen LogP contribution in [0.1, 0.15) is 42.6 Å². The van der Waals surface area contributed by atoms with E-state index in [4.69, 9.17) is 0 Å². The molecular weight excluding hydrogens is 343 g/mol. The molecule has 4 rings (SSSR count). The van der Waals surface area contributed by atoms with Gasteiger partial charge in [-0.05, 0) is 75.0 Å². The average Bonchev–Trinajstić information content (AvgIpc) is 3.08. The molecule has 2 fully saturated rings. The van der Waals surface area contributed by atoms with Gasteiger partial charge >= 0.3 is 0 Å². The van der Waals surface area contributed by atoms with Gasteiger partial charge in [-0.1, -0.05) is 6.42 Å². The molecular formula is C21H27FN4O. The molecule has 5 nitrogen and oxygen atoms in total. The van der Waals surface area contributed by atoms with Crippen molar-refractivity contribution >= 4 is 5.91 Å². The van der Waals surface area contributed by atoms with E-state index in [1.54, 1.807) is 29.9 Å². The number of rotatable bonds is 4. The Morgan fingerprint density at radius 3 is 2.78 bits per heavy atom. The second-order valence-corrected chi connectivity index (χ2v) is 7.76. The quantitative estimate of drug-likeness (QED) is 0.899. The van der Waals surface area contributed by atoms with Crippen molar-refractivity contribution in [2.75, 3.05) is 19.6 Å². The van der Waals surface area contributed by atoms with Gasteiger partial charge in [-0.15, -0.1) is 0 Å². The van der Waals surface area contributed by atoms with Gasteiger partial charge in [0.05, 0.1) is 5.69 Å². The lowest BCUT2D eigenvalue weighted by Gasteiger charge is -2.44. The third-order valence-electron chi connectivity index (χ3n) is 6.01. The summed E-state index contributed by atoms with van der Waals surface area (Å²) >= 11 is 0. The molecule has 1 aromatic heterocycles. The number of aryl methyl sites for hydroxylation is 1. The number of benzene rings is 1. The van der Waals surface area contributed by atoms with Crippen molar-refractivity contribution in [3.8, 4) is 11.3 Å². The van der Waals surface area contributed by atoms with Crippen molar-refractivity contribution < 1.29 is 9.18 Å². The van der Waals surface area contributed by atoms with Crippen molar-refractivity contribution in [1.29, 1.82) is 0 Å². The largest absolute Gasteiger partial charge is 0.350 e. The van der Waals surface area contributed by atoms with Gasteiger partial charge in [-0.3, -0.25) is 9.48 Å². The number of aromatic nitrogens is 2. The van der Waals surface area contributed by atoms with Crippen molar-refractivity contribution in [1.82, 2.24) is 20.0 Å². The number of nitrogens with one attached hydrogen (secondary N) is 1. The summed E-state index contributed by atoms with van der Waals surface area (Å²) in [5.41, 5.74) is 2.01. The van der Waals surface area contributed by atoms with Gasteiger partial charge in [-0.2, -0.15) is 5.10 Å². The lowest BCUT2D eigenvalue weighted by molar-refractivity contribution is 0.0574. The predicted octanol–water partition coefficient (Wildman–Crippen LogP) is 3.22. The van der Waals surface area contributed by atoms with E-state index in [2.05, 4.69) is 15.3 Å². The van der Waals surface area contributed by atoms with Crippen LogP contribution in [0.25, 0.3) is 11.3 Å². The molecule has 144 valence electrons. The van der Waals surface area contributed by atoms with Gasteiger partial charge < -0.3 is 10.2 Å². The molecule has 1 N–H and O–H groups in total. The topological polar surface area (TPSA) is 50.2 Å². The first-order valence-electron chi connectivity index (χ1n) is 9.94. The fourth-order valence-corrected chi connectivity index (χ4v) is 4.57. The number of hydrogen-bond acceptors (Lipinski definition) is 3. The normalized spacial score (nSPS) is 23.0. The molecule has 2 atom stereocenters. The van der Waals surface area contributed by atoms with Crippen LogP contribution in [-0.4, -0.2) is 46.3 Å². The fourth-order valence-electron chi connectivity index (χ4n) is 4.57. The minimum atomic E-state index is -0.281. The minimum absolute atomic E-state index is 0.0914. The van der Waals surface area contributed by atoms with E-state index < -0.39 is 0 Å². The molecule has 1 aromatic carbocycles. The van der Waals surface area contributed by atoms with Gasteiger partial charge in [-0.25, -0.2) is 4.39 Å². The molecule has 1 amide bonds. The van der Waals surface area contributed by atoms with Crippen LogP contribution >= 0.6 is 0 Å². The molecule has 2 saturated heterocycles. The summed E-state index contributed by atoms with van der Waals surface area (Å²) in [4.78, 5) is 15.3. The van der Waals surface area contributed by atoms with Gasteiger partial charge in [0.15, 0.2) is 0 Å². The van der Waals surface area contributed by atoms with E-state index in [0.29, 0.717) is 23.3 Å². The van der Waals surface area contributed by atoms with Crippen molar-refractivity contribution in [3.63, 3.8) is 0 Å². The Morgan fingerprint density at radius 2 is 1.96 bits per heavy atom. The molecule has 0 saturated carbocycles. The van der Waals surface area contributed by atoms with E-state index in [1.807, 2.05) is 0 Å². The van der Waals surface area contributed by atoms with Crippen LogP contribution in [-0.2, 0) is 7.05 Å². The highest BCUT2D eigenvalue weighted by atomic mass is 19.1. The molecule has 0 spiro atoms. The Hall–Kier alpha value is -2.21. The smallest absolute Gasteiger partial charge is 0.269 e. The Morgan fingerprint density at radius 1 is 1.19 bits per heavy atom. The number of hydrogen-bond donors (Lipinski definition) is 1. The van der Waals surface area contributed by atoms with Crippen LogP contribution < -0.4 is 5.32 Å². The van der Waals surface area contributed by atoms with Crippen molar-refractivity contribution in [2.45, 2.75) is 38.1 Å². The van der Waals surface area contributed by atoms with Crippen LogP contribution in [0.4, 0.5) is 4.39 Å². The van der Waals surface area contributed by atoms with E-state index in [0.717, 1.165) is 12.1 Å². The van der Waals surface area contributed by atoms with Crippen molar-refractivity contribution in [2.24, 2.45) is 13.0 Å². The second-order valence-electron chi connectivity index (χ2n) is 7.76. The monoisotopic (exact) mass is 370 g/mol. The predicted molar refractivity (Wildman–Crippen MR) is 103 cm³/mol. The minimum Gasteiger partial charge on any atom is -0.350 e. The zero-order chi connectivity index (χ0) is 18.8. The zero-order valence-electron chi connectivity index (χ0n) is 15.8. The van der Waals surface area contributed by atoms with E-state index >= 15 is 0 Å². The first-order chi connectivity index (χ1) is 13.1. The van der Waals surface area contributed by atoms with E-state index in [9.17, 15) is 9.18 Å². The highest BCUT2D eigenvalue weighted by molar-refractivity contribution is 5.93. The third kappa shape index (κ3) is 3.90. The molecule has 2 aromatic rings. The molecule has 0 radical (unpaired) electrons.